The molecule has 6 heteroatoms. The number of nitrogens with one attached hydrogen (secondary N) is 2. The van der Waals surface area contributed by atoms with Gasteiger partial charge in [0, 0.05) is 12.1 Å². The van der Waals surface area contributed by atoms with Crippen LogP contribution in [-0.2, 0) is 11.3 Å². The van der Waals surface area contributed by atoms with E-state index in [1.807, 2.05) is 6.92 Å². The molecule has 6 nitrogen and oxygen atoms in total. The molecule has 0 aliphatic carbocycles. The molecule has 0 saturated carbocycles. The lowest BCUT2D eigenvalue weighted by Gasteiger charge is -2.20. The Morgan fingerprint density at radius 3 is 2.65 bits per heavy atom. The van der Waals surface area contributed by atoms with E-state index in [1.54, 1.807) is 39.0 Å². The van der Waals surface area contributed by atoms with Crippen LogP contribution in [0.25, 0.3) is 0 Å². The van der Waals surface area contributed by atoms with Gasteiger partial charge in [-0.05, 0) is 33.8 Å². The van der Waals surface area contributed by atoms with Gasteiger partial charge in [-0.2, -0.15) is 0 Å². The summed E-state index contributed by atoms with van der Waals surface area (Å²) in [7, 11) is 0. The van der Waals surface area contributed by atoms with Gasteiger partial charge in [0.25, 0.3) is 0 Å². The topological polar surface area (TPSA) is 79.8 Å². The van der Waals surface area contributed by atoms with E-state index in [4.69, 9.17) is 9.47 Å². The first-order valence-electron chi connectivity index (χ1n) is 6.49. The molecular formula is C14H22N2O4. The third kappa shape index (κ3) is 5.36. The fourth-order valence-corrected chi connectivity index (χ4v) is 1.50. The number of carbonyl (C=O) groups excluding carboxylic acids is 1. The molecule has 0 aliphatic rings. The van der Waals surface area contributed by atoms with Crippen LogP contribution in [0.1, 0.15) is 33.3 Å². The second-order valence-corrected chi connectivity index (χ2v) is 5.18. The molecule has 20 heavy (non-hydrogen) atoms. The number of aromatic hydroxyl groups is 1. The maximum absolute atomic E-state index is 11.4. The second-order valence-electron chi connectivity index (χ2n) is 5.18. The molecule has 0 unspecified atom stereocenters. The predicted molar refractivity (Wildman–Crippen MR) is 75.5 cm³/mol. The van der Waals surface area contributed by atoms with E-state index in [0.29, 0.717) is 17.9 Å². The first-order chi connectivity index (χ1) is 9.33. The summed E-state index contributed by atoms with van der Waals surface area (Å²) in [6, 6.07) is 5.19. The number of carbonyl (C=O) groups is 1. The lowest BCUT2D eigenvalue weighted by atomic mass is 10.2. The van der Waals surface area contributed by atoms with Crippen molar-refractivity contribution in [2.45, 2.75) is 39.8 Å². The van der Waals surface area contributed by atoms with Gasteiger partial charge in [0.1, 0.15) is 5.60 Å². The van der Waals surface area contributed by atoms with Crippen molar-refractivity contribution >= 4 is 6.09 Å². The number of hydrazine groups is 1. The molecule has 0 fully saturated rings. The van der Waals surface area contributed by atoms with Gasteiger partial charge in [-0.3, -0.25) is 5.43 Å². The van der Waals surface area contributed by atoms with E-state index in [9.17, 15) is 9.90 Å². The maximum Gasteiger partial charge on any atom is 0.422 e. The summed E-state index contributed by atoms with van der Waals surface area (Å²) in [5, 5.41) is 9.96. The molecule has 1 rings (SSSR count). The van der Waals surface area contributed by atoms with Gasteiger partial charge in [-0.1, -0.05) is 12.1 Å². The first kappa shape index (κ1) is 16.1. The minimum Gasteiger partial charge on any atom is -0.504 e. The zero-order valence-electron chi connectivity index (χ0n) is 12.3. The quantitative estimate of drug-likeness (QED) is 0.722. The van der Waals surface area contributed by atoms with Crippen molar-refractivity contribution in [3.63, 3.8) is 0 Å². The Morgan fingerprint density at radius 2 is 2.05 bits per heavy atom. The van der Waals surface area contributed by atoms with Gasteiger partial charge in [0.2, 0.25) is 0 Å². The fourth-order valence-electron chi connectivity index (χ4n) is 1.50. The van der Waals surface area contributed by atoms with Crippen LogP contribution in [0, 0.1) is 0 Å². The minimum absolute atomic E-state index is 0.0628. The Kier molecular flexibility index (Phi) is 5.64. The van der Waals surface area contributed by atoms with Crippen molar-refractivity contribution < 1.29 is 19.4 Å². The molecule has 0 bridgehead atoms. The van der Waals surface area contributed by atoms with E-state index in [0.717, 1.165) is 0 Å². The smallest absolute Gasteiger partial charge is 0.422 e. The highest BCUT2D eigenvalue weighted by molar-refractivity contribution is 5.67. The average Bonchev–Trinajstić information content (AvgIpc) is 2.32. The van der Waals surface area contributed by atoms with Crippen LogP contribution in [0.4, 0.5) is 4.79 Å². The van der Waals surface area contributed by atoms with Crippen LogP contribution in [0.5, 0.6) is 11.5 Å². The molecule has 1 aromatic carbocycles. The van der Waals surface area contributed by atoms with Gasteiger partial charge < -0.3 is 14.6 Å². The molecule has 0 aromatic heterocycles. The Hall–Kier alpha value is -1.95. The minimum atomic E-state index is -0.571. The molecule has 112 valence electrons. The van der Waals surface area contributed by atoms with Crippen molar-refractivity contribution in [1.29, 1.82) is 0 Å². The summed E-state index contributed by atoms with van der Waals surface area (Å²) in [5.41, 5.74) is 5.16. The molecule has 0 radical (unpaired) electrons. The Labute approximate surface area is 119 Å². The van der Waals surface area contributed by atoms with E-state index in [1.165, 1.54) is 0 Å². The van der Waals surface area contributed by atoms with Crippen molar-refractivity contribution in [1.82, 2.24) is 10.9 Å². The van der Waals surface area contributed by atoms with Gasteiger partial charge in [-0.15, -0.1) is 0 Å². The van der Waals surface area contributed by atoms with Crippen molar-refractivity contribution in [3.05, 3.63) is 23.8 Å². The summed E-state index contributed by atoms with van der Waals surface area (Å²) in [6.07, 6.45) is -0.571. The zero-order chi connectivity index (χ0) is 15.2. The number of phenols is 1. The first-order valence-corrected chi connectivity index (χ1v) is 6.49. The largest absolute Gasteiger partial charge is 0.504 e. The standard InChI is InChI=1S/C14H22N2O4/c1-5-19-11-8-6-7-10(12(11)17)9-15-16-13(18)20-14(2,3)4/h6-8,15,17H,5,9H2,1-4H3,(H,16,18). The molecule has 0 spiro atoms. The Bertz CT molecular complexity index is 455. The number of benzene rings is 1. The van der Waals surface area contributed by atoms with E-state index in [2.05, 4.69) is 10.9 Å². The number of hydrogen-bond donors (Lipinski definition) is 3. The highest BCUT2D eigenvalue weighted by atomic mass is 16.6. The SMILES string of the molecule is CCOc1cccc(CNNC(=O)OC(C)(C)C)c1O. The van der Waals surface area contributed by atoms with Gasteiger partial charge in [0.15, 0.2) is 11.5 Å². The lowest BCUT2D eigenvalue weighted by Crippen LogP contribution is -2.40. The number of phenolic OH excluding ortho intramolecular Hbond substituents is 1. The monoisotopic (exact) mass is 282 g/mol. The van der Waals surface area contributed by atoms with Gasteiger partial charge in [-0.25, -0.2) is 10.2 Å². The second kappa shape index (κ2) is 7.00. The third-order valence-corrected chi connectivity index (χ3v) is 2.25. The number of amides is 1. The fraction of sp³-hybridized carbons (Fsp3) is 0.500. The summed E-state index contributed by atoms with van der Waals surface area (Å²) in [5.74, 6) is 0.483. The molecule has 1 aromatic rings. The van der Waals surface area contributed by atoms with Crippen molar-refractivity contribution in [3.8, 4) is 11.5 Å². The highest BCUT2D eigenvalue weighted by Crippen LogP contribution is 2.29. The maximum atomic E-state index is 11.4. The van der Waals surface area contributed by atoms with Crippen LogP contribution in [-0.4, -0.2) is 23.4 Å². The molecule has 0 heterocycles. The molecular weight excluding hydrogens is 260 g/mol. The summed E-state index contributed by atoms with van der Waals surface area (Å²) >= 11 is 0. The number of rotatable bonds is 5. The van der Waals surface area contributed by atoms with Gasteiger partial charge in [0.05, 0.1) is 6.61 Å². The van der Waals surface area contributed by atoms with E-state index >= 15 is 0 Å². The van der Waals surface area contributed by atoms with E-state index < -0.39 is 11.7 Å². The normalized spacial score (nSPS) is 11.0. The van der Waals surface area contributed by atoms with Gasteiger partial charge >= 0.3 is 6.09 Å². The van der Waals surface area contributed by atoms with Crippen molar-refractivity contribution in [2.75, 3.05) is 6.61 Å². The zero-order valence-corrected chi connectivity index (χ0v) is 12.3. The Morgan fingerprint density at radius 1 is 1.35 bits per heavy atom. The van der Waals surface area contributed by atoms with Crippen LogP contribution in [0.2, 0.25) is 0 Å². The molecule has 0 aliphatic heterocycles. The van der Waals surface area contributed by atoms with Crippen LogP contribution < -0.4 is 15.6 Å². The average molecular weight is 282 g/mol. The number of hydrogen-bond acceptors (Lipinski definition) is 5. The molecule has 0 saturated heterocycles. The van der Waals surface area contributed by atoms with Crippen LogP contribution >= 0.6 is 0 Å². The third-order valence-electron chi connectivity index (χ3n) is 2.25. The molecule has 3 N–H and O–H groups in total. The van der Waals surface area contributed by atoms with E-state index in [-0.39, 0.29) is 12.3 Å². The lowest BCUT2D eigenvalue weighted by molar-refractivity contribution is 0.0496. The summed E-state index contributed by atoms with van der Waals surface area (Å²) in [6.45, 7) is 7.92. The summed E-state index contributed by atoms with van der Waals surface area (Å²) < 4.78 is 10.3. The summed E-state index contributed by atoms with van der Waals surface area (Å²) in [4.78, 5) is 11.4. The molecule has 1 amide bonds. The van der Waals surface area contributed by atoms with Crippen LogP contribution in [0.3, 0.4) is 0 Å². The molecule has 0 atom stereocenters. The predicted octanol–water partition coefficient (Wildman–Crippen LogP) is 2.32. The number of ether oxygens (including phenoxy) is 2. The Balaban J connectivity index is 2.50. The van der Waals surface area contributed by atoms with Crippen LogP contribution in [0.15, 0.2) is 18.2 Å². The highest BCUT2D eigenvalue weighted by Gasteiger charge is 2.15. The number of para-hydroxylation sites is 1. The van der Waals surface area contributed by atoms with Crippen molar-refractivity contribution in [2.24, 2.45) is 0 Å².